The average Bonchev–Trinajstić information content (AvgIpc) is 2.81. The van der Waals surface area contributed by atoms with Gasteiger partial charge in [0.25, 0.3) is 0 Å². The molecule has 18 heavy (non-hydrogen) atoms. The van der Waals surface area contributed by atoms with Crippen molar-refractivity contribution in [2.75, 3.05) is 11.5 Å². The molecule has 0 radical (unpaired) electrons. The van der Waals surface area contributed by atoms with Crippen molar-refractivity contribution in [2.24, 2.45) is 0 Å². The van der Waals surface area contributed by atoms with E-state index in [0.717, 1.165) is 12.2 Å². The van der Waals surface area contributed by atoms with Crippen molar-refractivity contribution >= 4 is 11.5 Å². The van der Waals surface area contributed by atoms with Crippen LogP contribution < -0.4 is 16.2 Å². The van der Waals surface area contributed by atoms with Crippen LogP contribution in [0.15, 0.2) is 30.3 Å². The van der Waals surface area contributed by atoms with Crippen molar-refractivity contribution in [2.45, 2.75) is 19.3 Å². The summed E-state index contributed by atoms with van der Waals surface area (Å²) in [5.74, 6) is 1.57. The molecular weight excluding hydrogens is 226 g/mol. The van der Waals surface area contributed by atoms with E-state index in [2.05, 4.69) is 17.1 Å². The van der Waals surface area contributed by atoms with Crippen LogP contribution in [0.1, 0.15) is 17.5 Å². The lowest BCUT2D eigenvalue weighted by atomic mass is 10.1. The first-order valence-corrected chi connectivity index (χ1v) is 6.04. The number of aromatic nitrogens is 1. The highest BCUT2D eigenvalue weighted by Gasteiger charge is 2.11. The van der Waals surface area contributed by atoms with Crippen LogP contribution >= 0.6 is 0 Å². The minimum Gasteiger partial charge on any atom is -0.439 e. The number of fused-ring (bicyclic) bond motifs is 1. The number of anilines is 2. The summed E-state index contributed by atoms with van der Waals surface area (Å²) in [7, 11) is 0. The first kappa shape index (κ1) is 10.9. The molecule has 1 heterocycles. The van der Waals surface area contributed by atoms with E-state index in [-0.39, 0.29) is 0 Å². The third-order valence-corrected chi connectivity index (χ3v) is 3.22. The van der Waals surface area contributed by atoms with Gasteiger partial charge in [-0.05, 0) is 48.6 Å². The van der Waals surface area contributed by atoms with Crippen molar-refractivity contribution in [3.63, 3.8) is 0 Å². The van der Waals surface area contributed by atoms with Gasteiger partial charge in [-0.25, -0.2) is 0 Å². The highest BCUT2D eigenvalue weighted by molar-refractivity contribution is 5.58. The summed E-state index contributed by atoms with van der Waals surface area (Å²) in [6, 6.07) is 9.59. The summed E-state index contributed by atoms with van der Waals surface area (Å²) < 4.78 is 5.69. The number of hydrogen-bond donors (Lipinski definition) is 2. The van der Waals surface area contributed by atoms with Gasteiger partial charge in [0.2, 0.25) is 5.88 Å². The Hall–Kier alpha value is -2.23. The van der Waals surface area contributed by atoms with Crippen molar-refractivity contribution < 1.29 is 4.74 Å². The Morgan fingerprint density at radius 1 is 1.00 bits per heavy atom. The number of pyridine rings is 1. The molecule has 4 heteroatoms. The Morgan fingerprint density at radius 3 is 2.67 bits per heavy atom. The van der Waals surface area contributed by atoms with Gasteiger partial charge in [-0.3, -0.25) is 0 Å². The quantitative estimate of drug-likeness (QED) is 0.847. The SMILES string of the molecule is Nc1ccc(Oc2ccc3c(c2)CCC3)nc1N. The van der Waals surface area contributed by atoms with Crippen LogP contribution in [-0.4, -0.2) is 4.98 Å². The van der Waals surface area contributed by atoms with Crippen LogP contribution in [0.3, 0.4) is 0 Å². The predicted molar refractivity (Wildman–Crippen MR) is 71.6 cm³/mol. The van der Waals surface area contributed by atoms with Crippen LogP contribution in [0.25, 0.3) is 0 Å². The first-order valence-electron chi connectivity index (χ1n) is 6.04. The molecule has 0 bridgehead atoms. The molecule has 0 unspecified atom stereocenters. The standard InChI is InChI=1S/C14H15N3O/c15-12-6-7-13(17-14(12)16)18-11-5-4-9-2-1-3-10(9)8-11/h4-8H,1-3,15H2,(H2,16,17). The summed E-state index contributed by atoms with van der Waals surface area (Å²) in [4.78, 5) is 4.09. The zero-order valence-corrected chi connectivity index (χ0v) is 10.0. The van der Waals surface area contributed by atoms with Crippen molar-refractivity contribution in [1.29, 1.82) is 0 Å². The van der Waals surface area contributed by atoms with E-state index in [1.165, 1.54) is 24.0 Å². The monoisotopic (exact) mass is 241 g/mol. The number of hydrogen-bond acceptors (Lipinski definition) is 4. The topological polar surface area (TPSA) is 74.2 Å². The Kier molecular flexibility index (Phi) is 2.55. The van der Waals surface area contributed by atoms with E-state index in [1.54, 1.807) is 12.1 Å². The van der Waals surface area contributed by atoms with Crippen molar-refractivity contribution in [3.8, 4) is 11.6 Å². The maximum Gasteiger partial charge on any atom is 0.221 e. The molecule has 1 aliphatic carbocycles. The molecular formula is C14H15N3O. The third kappa shape index (κ3) is 1.97. The van der Waals surface area contributed by atoms with Crippen LogP contribution in [0.2, 0.25) is 0 Å². The normalized spacial score (nSPS) is 13.3. The van der Waals surface area contributed by atoms with Crippen LogP contribution in [0, 0.1) is 0 Å². The number of benzene rings is 1. The molecule has 4 nitrogen and oxygen atoms in total. The fourth-order valence-corrected chi connectivity index (χ4v) is 2.26. The molecule has 1 aromatic carbocycles. The van der Waals surface area contributed by atoms with E-state index < -0.39 is 0 Å². The highest BCUT2D eigenvalue weighted by atomic mass is 16.5. The molecule has 0 spiro atoms. The van der Waals surface area contributed by atoms with Gasteiger partial charge in [0.1, 0.15) is 5.75 Å². The van der Waals surface area contributed by atoms with Crippen molar-refractivity contribution in [3.05, 3.63) is 41.5 Å². The first-order chi connectivity index (χ1) is 8.72. The molecule has 0 amide bonds. The van der Waals surface area contributed by atoms with Gasteiger partial charge in [-0.1, -0.05) is 6.07 Å². The molecule has 1 aliphatic rings. The molecule has 0 aliphatic heterocycles. The van der Waals surface area contributed by atoms with Gasteiger partial charge in [0.05, 0.1) is 5.69 Å². The largest absolute Gasteiger partial charge is 0.439 e. The van der Waals surface area contributed by atoms with Gasteiger partial charge in [0.15, 0.2) is 5.82 Å². The summed E-state index contributed by atoms with van der Waals surface area (Å²) in [6.45, 7) is 0. The molecule has 0 saturated heterocycles. The van der Waals surface area contributed by atoms with E-state index in [9.17, 15) is 0 Å². The minimum atomic E-state index is 0.300. The van der Waals surface area contributed by atoms with Gasteiger partial charge >= 0.3 is 0 Å². The summed E-state index contributed by atoms with van der Waals surface area (Å²) >= 11 is 0. The Labute approximate surface area is 106 Å². The van der Waals surface area contributed by atoms with Gasteiger partial charge < -0.3 is 16.2 Å². The van der Waals surface area contributed by atoms with E-state index >= 15 is 0 Å². The van der Waals surface area contributed by atoms with Gasteiger partial charge in [-0.2, -0.15) is 4.98 Å². The minimum absolute atomic E-state index is 0.300. The second-order valence-corrected chi connectivity index (χ2v) is 4.51. The summed E-state index contributed by atoms with van der Waals surface area (Å²) in [5, 5.41) is 0. The fraction of sp³-hybridized carbons (Fsp3) is 0.214. The second-order valence-electron chi connectivity index (χ2n) is 4.51. The number of nitrogens with zero attached hydrogens (tertiary/aromatic N) is 1. The lowest BCUT2D eigenvalue weighted by Gasteiger charge is -2.08. The van der Waals surface area contributed by atoms with Crippen LogP contribution in [-0.2, 0) is 12.8 Å². The Morgan fingerprint density at radius 2 is 1.83 bits per heavy atom. The van der Waals surface area contributed by atoms with E-state index in [1.807, 2.05) is 6.07 Å². The number of nitrogens with two attached hydrogens (primary N) is 2. The lowest BCUT2D eigenvalue weighted by Crippen LogP contribution is -1.99. The molecule has 0 saturated carbocycles. The third-order valence-electron chi connectivity index (χ3n) is 3.22. The molecule has 1 aromatic heterocycles. The Bertz CT molecular complexity index is 596. The zero-order valence-electron chi connectivity index (χ0n) is 10.0. The number of nitrogen functional groups attached to an aromatic ring is 2. The second kappa shape index (κ2) is 4.22. The smallest absolute Gasteiger partial charge is 0.221 e. The van der Waals surface area contributed by atoms with E-state index in [0.29, 0.717) is 17.4 Å². The maximum atomic E-state index is 5.69. The summed E-state index contributed by atoms with van der Waals surface area (Å²) in [6.07, 6.45) is 3.53. The molecule has 92 valence electrons. The number of aryl methyl sites for hydroxylation is 2. The molecule has 3 rings (SSSR count). The molecule has 0 atom stereocenters. The Balaban J connectivity index is 1.85. The molecule has 4 N–H and O–H groups in total. The summed E-state index contributed by atoms with van der Waals surface area (Å²) in [5.41, 5.74) is 14.5. The van der Waals surface area contributed by atoms with Crippen LogP contribution in [0.5, 0.6) is 11.6 Å². The maximum absolute atomic E-state index is 5.69. The fourth-order valence-electron chi connectivity index (χ4n) is 2.26. The number of ether oxygens (including phenoxy) is 1. The molecule has 0 fully saturated rings. The lowest BCUT2D eigenvalue weighted by molar-refractivity contribution is 0.463. The van der Waals surface area contributed by atoms with Crippen molar-refractivity contribution in [1.82, 2.24) is 4.98 Å². The van der Waals surface area contributed by atoms with Gasteiger partial charge in [-0.15, -0.1) is 0 Å². The highest BCUT2D eigenvalue weighted by Crippen LogP contribution is 2.29. The van der Waals surface area contributed by atoms with Gasteiger partial charge in [0, 0.05) is 6.07 Å². The van der Waals surface area contributed by atoms with E-state index in [4.69, 9.17) is 16.2 Å². The number of rotatable bonds is 2. The average molecular weight is 241 g/mol. The van der Waals surface area contributed by atoms with Crippen LogP contribution in [0.4, 0.5) is 11.5 Å². The predicted octanol–water partition coefficient (Wildman–Crippen LogP) is 2.53. The molecule has 2 aromatic rings. The zero-order chi connectivity index (χ0) is 12.5.